The van der Waals surface area contributed by atoms with Gasteiger partial charge in [0.25, 0.3) is 5.91 Å². The Morgan fingerprint density at radius 1 is 1.40 bits per heavy atom. The van der Waals surface area contributed by atoms with Gasteiger partial charge in [-0.25, -0.2) is 0 Å². The maximum absolute atomic E-state index is 12.2. The third kappa shape index (κ3) is 3.50. The first kappa shape index (κ1) is 13.9. The Morgan fingerprint density at radius 2 is 2.15 bits per heavy atom. The molecule has 0 atom stereocenters. The molecule has 6 nitrogen and oxygen atoms in total. The molecule has 6 heteroatoms. The summed E-state index contributed by atoms with van der Waals surface area (Å²) in [4.78, 5) is 15.2. The minimum Gasteiger partial charge on any atom is -0.334 e. The summed E-state index contributed by atoms with van der Waals surface area (Å²) < 4.78 is 0. The molecule has 0 saturated heterocycles. The van der Waals surface area contributed by atoms with E-state index in [1.807, 2.05) is 18.2 Å². The molecule has 0 fully saturated rings. The molecule has 0 radical (unpaired) electrons. The molecule has 1 amide bonds. The number of aromatic nitrogens is 4. The topological polar surface area (TPSA) is 63.9 Å². The number of amides is 1. The number of hydrogen-bond donors (Lipinski definition) is 0. The molecule has 2 rings (SSSR count). The first-order valence-electron chi connectivity index (χ1n) is 6.39. The van der Waals surface area contributed by atoms with E-state index in [9.17, 15) is 4.79 Å². The van der Waals surface area contributed by atoms with E-state index in [1.165, 1.54) is 4.80 Å². The maximum Gasteiger partial charge on any atom is 0.254 e. The monoisotopic (exact) mass is 271 g/mol. The number of allylic oxidation sites excluding steroid dienone is 1. The highest BCUT2D eigenvalue weighted by Gasteiger charge is 2.14. The largest absolute Gasteiger partial charge is 0.334 e. The van der Waals surface area contributed by atoms with Gasteiger partial charge in [0, 0.05) is 12.6 Å². The van der Waals surface area contributed by atoms with Crippen molar-refractivity contribution in [1.29, 1.82) is 0 Å². The van der Waals surface area contributed by atoms with Crippen LogP contribution in [-0.4, -0.2) is 38.1 Å². The molecule has 1 aromatic heterocycles. The van der Waals surface area contributed by atoms with Crippen molar-refractivity contribution in [1.82, 2.24) is 25.1 Å². The van der Waals surface area contributed by atoms with Gasteiger partial charge in [-0.1, -0.05) is 24.3 Å². The summed E-state index contributed by atoms with van der Waals surface area (Å²) in [5.74, 6) is 0.467. The lowest BCUT2D eigenvalue weighted by atomic mass is 10.2. The smallest absolute Gasteiger partial charge is 0.254 e. The summed E-state index contributed by atoms with van der Waals surface area (Å²) in [5.41, 5.74) is 0.647. The Balaban J connectivity index is 1.97. The van der Waals surface area contributed by atoms with E-state index in [0.717, 1.165) is 6.42 Å². The second-order valence-corrected chi connectivity index (χ2v) is 4.41. The van der Waals surface area contributed by atoms with Crippen molar-refractivity contribution in [2.45, 2.75) is 19.5 Å². The van der Waals surface area contributed by atoms with Crippen LogP contribution in [0, 0.1) is 0 Å². The summed E-state index contributed by atoms with van der Waals surface area (Å²) in [5, 5.41) is 12.1. The van der Waals surface area contributed by atoms with E-state index in [0.29, 0.717) is 24.5 Å². The fraction of sp³-hybridized carbons (Fsp3) is 0.286. The van der Waals surface area contributed by atoms with Crippen LogP contribution in [0.4, 0.5) is 0 Å². The van der Waals surface area contributed by atoms with Crippen LogP contribution >= 0.6 is 0 Å². The molecule has 0 saturated carbocycles. The van der Waals surface area contributed by atoms with E-state index in [4.69, 9.17) is 0 Å². The molecule has 0 aliphatic rings. The molecule has 0 bridgehead atoms. The van der Waals surface area contributed by atoms with Crippen LogP contribution in [0.5, 0.6) is 0 Å². The van der Waals surface area contributed by atoms with Crippen molar-refractivity contribution >= 4 is 5.91 Å². The molecule has 1 aromatic carbocycles. The number of benzene rings is 1. The SMILES string of the molecule is C=CCCn1nnc(CN(C)C(=O)c2ccccc2)n1. The van der Waals surface area contributed by atoms with Gasteiger partial charge in [0.2, 0.25) is 0 Å². The first-order valence-corrected chi connectivity index (χ1v) is 6.39. The Kier molecular flexibility index (Phi) is 4.60. The Hall–Kier alpha value is -2.50. The summed E-state index contributed by atoms with van der Waals surface area (Å²) in [7, 11) is 1.72. The predicted octanol–water partition coefficient (Wildman–Crippen LogP) is 1.52. The van der Waals surface area contributed by atoms with Crippen molar-refractivity contribution in [2.24, 2.45) is 0 Å². The third-order valence-electron chi connectivity index (χ3n) is 2.77. The van der Waals surface area contributed by atoms with Crippen LogP contribution in [0.1, 0.15) is 22.6 Å². The van der Waals surface area contributed by atoms with Crippen LogP contribution in [-0.2, 0) is 13.1 Å². The molecule has 1 heterocycles. The van der Waals surface area contributed by atoms with Gasteiger partial charge in [0.05, 0.1) is 13.1 Å². The number of aryl methyl sites for hydroxylation is 1. The first-order chi connectivity index (χ1) is 9.70. The normalized spacial score (nSPS) is 10.2. The fourth-order valence-corrected chi connectivity index (χ4v) is 1.73. The van der Waals surface area contributed by atoms with Gasteiger partial charge in [-0.2, -0.15) is 4.80 Å². The quantitative estimate of drug-likeness (QED) is 0.747. The van der Waals surface area contributed by atoms with Gasteiger partial charge in [-0.05, 0) is 23.8 Å². The van der Waals surface area contributed by atoms with Crippen LogP contribution in [0.15, 0.2) is 43.0 Å². The fourth-order valence-electron chi connectivity index (χ4n) is 1.73. The zero-order chi connectivity index (χ0) is 14.4. The lowest BCUT2D eigenvalue weighted by molar-refractivity contribution is 0.0781. The van der Waals surface area contributed by atoms with Gasteiger partial charge in [0.15, 0.2) is 5.82 Å². The zero-order valence-electron chi connectivity index (χ0n) is 11.4. The Labute approximate surface area is 117 Å². The van der Waals surface area contributed by atoms with Crippen LogP contribution in [0.25, 0.3) is 0 Å². The molecule has 0 aliphatic heterocycles. The molecule has 0 unspecified atom stereocenters. The van der Waals surface area contributed by atoms with Crippen LogP contribution < -0.4 is 0 Å². The van der Waals surface area contributed by atoms with Gasteiger partial charge in [0.1, 0.15) is 0 Å². The lowest BCUT2D eigenvalue weighted by Crippen LogP contribution is -2.26. The summed E-state index contributed by atoms with van der Waals surface area (Å²) in [6.07, 6.45) is 2.59. The number of nitrogens with zero attached hydrogens (tertiary/aromatic N) is 5. The highest BCUT2D eigenvalue weighted by Crippen LogP contribution is 2.05. The molecule has 104 valence electrons. The van der Waals surface area contributed by atoms with Gasteiger partial charge >= 0.3 is 0 Å². The van der Waals surface area contributed by atoms with Crippen LogP contribution in [0.2, 0.25) is 0 Å². The zero-order valence-corrected chi connectivity index (χ0v) is 11.4. The predicted molar refractivity (Wildman–Crippen MR) is 74.9 cm³/mol. The van der Waals surface area contributed by atoms with E-state index in [-0.39, 0.29) is 5.91 Å². The van der Waals surface area contributed by atoms with Gasteiger partial charge in [-0.15, -0.1) is 16.8 Å². The molecular weight excluding hydrogens is 254 g/mol. The van der Waals surface area contributed by atoms with Crippen molar-refractivity contribution in [2.75, 3.05) is 7.05 Å². The Morgan fingerprint density at radius 3 is 2.85 bits per heavy atom. The third-order valence-corrected chi connectivity index (χ3v) is 2.77. The van der Waals surface area contributed by atoms with Crippen molar-refractivity contribution in [3.8, 4) is 0 Å². The average Bonchev–Trinajstić information content (AvgIpc) is 2.92. The van der Waals surface area contributed by atoms with Crippen LogP contribution in [0.3, 0.4) is 0 Å². The molecule has 20 heavy (non-hydrogen) atoms. The summed E-state index contributed by atoms with van der Waals surface area (Å²) in [6.45, 7) is 4.63. The molecule has 0 aliphatic carbocycles. The highest BCUT2D eigenvalue weighted by molar-refractivity contribution is 5.93. The number of tetrazole rings is 1. The number of carbonyl (C=O) groups excluding carboxylic acids is 1. The minimum absolute atomic E-state index is 0.0620. The molecule has 2 aromatic rings. The molecular formula is C14H17N5O. The van der Waals surface area contributed by atoms with Crippen molar-refractivity contribution in [3.05, 3.63) is 54.4 Å². The Bertz CT molecular complexity index is 578. The standard InChI is InChI=1S/C14H17N5O/c1-3-4-10-19-16-13(15-17-19)11-18(2)14(20)12-8-6-5-7-9-12/h3,5-9H,1,4,10-11H2,2H3. The molecule has 0 N–H and O–H groups in total. The van der Waals surface area contributed by atoms with E-state index < -0.39 is 0 Å². The maximum atomic E-state index is 12.2. The average molecular weight is 271 g/mol. The second-order valence-electron chi connectivity index (χ2n) is 4.41. The lowest BCUT2D eigenvalue weighted by Gasteiger charge is -2.14. The number of rotatable bonds is 6. The summed E-state index contributed by atoms with van der Waals surface area (Å²) in [6, 6.07) is 9.12. The van der Waals surface area contributed by atoms with Gasteiger partial charge < -0.3 is 4.90 Å². The number of carbonyl (C=O) groups is 1. The van der Waals surface area contributed by atoms with Crippen molar-refractivity contribution < 1.29 is 4.79 Å². The second kappa shape index (κ2) is 6.60. The minimum atomic E-state index is -0.0620. The van der Waals surface area contributed by atoms with Crippen molar-refractivity contribution in [3.63, 3.8) is 0 Å². The summed E-state index contributed by atoms with van der Waals surface area (Å²) >= 11 is 0. The van der Waals surface area contributed by atoms with Gasteiger partial charge in [-0.3, -0.25) is 4.79 Å². The van der Waals surface area contributed by atoms with E-state index in [1.54, 1.807) is 30.2 Å². The van der Waals surface area contributed by atoms with E-state index in [2.05, 4.69) is 22.0 Å². The molecule has 0 spiro atoms. The number of hydrogen-bond acceptors (Lipinski definition) is 4. The van der Waals surface area contributed by atoms with E-state index >= 15 is 0 Å². The highest BCUT2D eigenvalue weighted by atomic mass is 16.2.